The Labute approximate surface area is 212 Å². The SMILES string of the molecule is CN1CCc2nc(C(=O)NC(CNC(=S)C(=O)Nc3ccc(Cl)cn3)CC(=O)N(C)C)sc2C1. The second-order valence-electron chi connectivity index (χ2n) is 8.07. The first-order valence-electron chi connectivity index (χ1n) is 10.5. The fraction of sp³-hybridized carbons (Fsp3) is 0.429. The van der Waals surface area contributed by atoms with Crippen LogP contribution in [-0.4, -0.2) is 82.8 Å². The van der Waals surface area contributed by atoms with Gasteiger partial charge in [0.15, 0.2) is 10.00 Å². The summed E-state index contributed by atoms with van der Waals surface area (Å²) >= 11 is 12.3. The minimum atomic E-state index is -0.606. The first kappa shape index (κ1) is 25.9. The average molecular weight is 524 g/mol. The zero-order valence-electron chi connectivity index (χ0n) is 19.1. The molecule has 2 aromatic rings. The second-order valence-corrected chi connectivity index (χ2v) is 9.99. The fourth-order valence-corrected chi connectivity index (χ4v) is 4.49. The number of carbonyl (C=O) groups is 3. The Morgan fingerprint density at radius 2 is 2.09 bits per heavy atom. The van der Waals surface area contributed by atoms with Crippen LogP contribution >= 0.6 is 35.2 Å². The maximum absolute atomic E-state index is 12.9. The van der Waals surface area contributed by atoms with Gasteiger partial charge in [-0.3, -0.25) is 14.4 Å². The summed E-state index contributed by atoms with van der Waals surface area (Å²) in [5, 5.41) is 9.04. The van der Waals surface area contributed by atoms with Crippen molar-refractivity contribution in [3.63, 3.8) is 0 Å². The zero-order chi connectivity index (χ0) is 24.8. The van der Waals surface area contributed by atoms with E-state index in [-0.39, 0.29) is 29.8 Å². The number of fused-ring (bicyclic) bond motifs is 1. The Kier molecular flexibility index (Phi) is 8.89. The Morgan fingerprint density at radius 3 is 2.76 bits per heavy atom. The van der Waals surface area contributed by atoms with Crippen LogP contribution in [0.1, 0.15) is 26.8 Å². The number of halogens is 1. The van der Waals surface area contributed by atoms with E-state index in [4.69, 9.17) is 23.8 Å². The molecule has 0 aliphatic carbocycles. The smallest absolute Gasteiger partial charge is 0.284 e. The molecule has 1 atom stereocenters. The van der Waals surface area contributed by atoms with Crippen LogP contribution < -0.4 is 16.0 Å². The maximum Gasteiger partial charge on any atom is 0.284 e. The molecule has 2 aromatic heterocycles. The van der Waals surface area contributed by atoms with E-state index in [0.29, 0.717) is 15.8 Å². The van der Waals surface area contributed by atoms with Crippen molar-refractivity contribution < 1.29 is 14.4 Å². The number of hydrogen-bond acceptors (Lipinski definition) is 8. The molecule has 0 saturated carbocycles. The van der Waals surface area contributed by atoms with Gasteiger partial charge >= 0.3 is 0 Å². The van der Waals surface area contributed by atoms with Gasteiger partial charge in [-0.05, 0) is 19.2 Å². The van der Waals surface area contributed by atoms with Gasteiger partial charge in [-0.25, -0.2) is 9.97 Å². The van der Waals surface area contributed by atoms with Crippen LogP contribution in [0.4, 0.5) is 5.82 Å². The molecule has 3 amide bonds. The van der Waals surface area contributed by atoms with Crippen LogP contribution in [0.15, 0.2) is 18.3 Å². The van der Waals surface area contributed by atoms with E-state index >= 15 is 0 Å². The highest BCUT2D eigenvalue weighted by atomic mass is 35.5. The molecule has 0 aromatic carbocycles. The van der Waals surface area contributed by atoms with E-state index in [0.717, 1.165) is 30.1 Å². The lowest BCUT2D eigenvalue weighted by Gasteiger charge is -2.21. The van der Waals surface area contributed by atoms with Crippen molar-refractivity contribution >= 4 is 63.7 Å². The van der Waals surface area contributed by atoms with E-state index in [2.05, 4.69) is 30.8 Å². The number of thiocarbonyl (C=S) groups is 1. The van der Waals surface area contributed by atoms with Gasteiger partial charge in [0, 0.05) is 57.6 Å². The van der Waals surface area contributed by atoms with Gasteiger partial charge in [-0.2, -0.15) is 0 Å². The van der Waals surface area contributed by atoms with Gasteiger partial charge in [-0.1, -0.05) is 23.8 Å². The summed E-state index contributed by atoms with van der Waals surface area (Å²) in [6, 6.07) is 2.53. The van der Waals surface area contributed by atoms with E-state index in [1.165, 1.54) is 22.4 Å². The molecule has 1 unspecified atom stereocenters. The van der Waals surface area contributed by atoms with Crippen LogP contribution in [0.5, 0.6) is 0 Å². The quantitative estimate of drug-likeness (QED) is 0.465. The Hall–Kier alpha value is -2.67. The molecule has 13 heteroatoms. The highest BCUT2D eigenvalue weighted by Gasteiger charge is 2.25. The third kappa shape index (κ3) is 7.16. The first-order chi connectivity index (χ1) is 16.1. The van der Waals surface area contributed by atoms with E-state index in [1.54, 1.807) is 26.2 Å². The fourth-order valence-electron chi connectivity index (χ4n) is 3.15. The van der Waals surface area contributed by atoms with E-state index < -0.39 is 11.9 Å². The largest absolute Gasteiger partial charge is 0.370 e. The minimum absolute atomic E-state index is 0.0303. The number of amides is 3. The Bertz CT molecular complexity index is 1070. The summed E-state index contributed by atoms with van der Waals surface area (Å²) in [5.41, 5.74) is 0.945. The topological polar surface area (TPSA) is 120 Å². The van der Waals surface area contributed by atoms with Gasteiger partial charge in [0.25, 0.3) is 11.8 Å². The molecule has 3 rings (SSSR count). The van der Waals surface area contributed by atoms with Gasteiger partial charge in [0.1, 0.15) is 5.82 Å². The van der Waals surface area contributed by atoms with Crippen molar-refractivity contribution in [1.82, 2.24) is 30.4 Å². The summed E-state index contributed by atoms with van der Waals surface area (Å²) in [7, 11) is 5.30. The number of pyridine rings is 1. The minimum Gasteiger partial charge on any atom is -0.370 e. The molecule has 182 valence electrons. The number of rotatable bonds is 7. The predicted octanol–water partition coefficient (Wildman–Crippen LogP) is 1.31. The molecule has 0 fully saturated rings. The number of thiazole rings is 1. The predicted molar refractivity (Wildman–Crippen MR) is 135 cm³/mol. The van der Waals surface area contributed by atoms with Crippen LogP contribution in [-0.2, 0) is 22.6 Å². The van der Waals surface area contributed by atoms with Gasteiger partial charge < -0.3 is 25.8 Å². The highest BCUT2D eigenvalue weighted by Crippen LogP contribution is 2.24. The Morgan fingerprint density at radius 1 is 1.32 bits per heavy atom. The maximum atomic E-state index is 12.9. The van der Waals surface area contributed by atoms with Crippen molar-refractivity contribution in [2.45, 2.75) is 25.4 Å². The first-order valence-corrected chi connectivity index (χ1v) is 12.1. The number of hydrogen-bond donors (Lipinski definition) is 3. The molecular formula is C21H26ClN7O3S2. The number of nitrogens with zero attached hydrogens (tertiary/aromatic N) is 4. The van der Waals surface area contributed by atoms with E-state index in [9.17, 15) is 14.4 Å². The molecule has 0 spiro atoms. The highest BCUT2D eigenvalue weighted by molar-refractivity contribution is 7.82. The lowest BCUT2D eigenvalue weighted by atomic mass is 10.2. The summed E-state index contributed by atoms with van der Waals surface area (Å²) in [5.74, 6) is -0.802. The van der Waals surface area contributed by atoms with Crippen molar-refractivity contribution in [3.05, 3.63) is 38.9 Å². The van der Waals surface area contributed by atoms with Gasteiger partial charge in [0.2, 0.25) is 5.91 Å². The molecule has 10 nitrogen and oxygen atoms in total. The Balaban J connectivity index is 1.61. The van der Waals surface area contributed by atoms with Crippen LogP contribution in [0, 0.1) is 0 Å². The van der Waals surface area contributed by atoms with Crippen LogP contribution in [0.2, 0.25) is 5.02 Å². The summed E-state index contributed by atoms with van der Waals surface area (Å²) in [4.78, 5) is 50.6. The van der Waals surface area contributed by atoms with Crippen molar-refractivity contribution in [3.8, 4) is 0 Å². The molecule has 1 aliphatic heterocycles. The third-order valence-corrected chi connectivity index (χ3v) is 6.69. The molecule has 0 bridgehead atoms. The number of anilines is 1. The standard InChI is InChI=1S/C21H26ClN7O3S2/c1-28(2)17(30)8-13(10-24-20(33)18(31)27-16-5-4-12(22)9-23-16)25-19(32)21-26-14-6-7-29(3)11-15(14)34-21/h4-5,9,13H,6-8,10-11H2,1-3H3,(H,24,33)(H,25,32)(H,23,27,31). The van der Waals surface area contributed by atoms with Crippen LogP contribution in [0.3, 0.4) is 0 Å². The molecule has 34 heavy (non-hydrogen) atoms. The molecular weight excluding hydrogens is 498 g/mol. The second kappa shape index (κ2) is 11.6. The number of carbonyl (C=O) groups excluding carboxylic acids is 3. The van der Waals surface area contributed by atoms with E-state index in [1.807, 2.05) is 7.05 Å². The zero-order valence-corrected chi connectivity index (χ0v) is 21.4. The van der Waals surface area contributed by atoms with Gasteiger partial charge in [-0.15, -0.1) is 11.3 Å². The molecule has 0 saturated heterocycles. The van der Waals surface area contributed by atoms with Crippen molar-refractivity contribution in [1.29, 1.82) is 0 Å². The number of nitrogens with one attached hydrogen (secondary N) is 3. The number of aromatic nitrogens is 2. The average Bonchev–Trinajstić information content (AvgIpc) is 3.22. The third-order valence-electron chi connectivity index (χ3n) is 5.06. The van der Waals surface area contributed by atoms with Crippen molar-refractivity contribution in [2.24, 2.45) is 0 Å². The van der Waals surface area contributed by atoms with Crippen molar-refractivity contribution in [2.75, 3.05) is 39.5 Å². The lowest BCUT2D eigenvalue weighted by Crippen LogP contribution is -2.47. The molecule has 0 radical (unpaired) electrons. The molecule has 1 aliphatic rings. The van der Waals surface area contributed by atoms with Crippen LogP contribution in [0.25, 0.3) is 0 Å². The molecule has 3 N–H and O–H groups in total. The molecule has 3 heterocycles. The summed E-state index contributed by atoms with van der Waals surface area (Å²) in [6.07, 6.45) is 2.23. The summed E-state index contributed by atoms with van der Waals surface area (Å²) in [6.45, 7) is 1.74. The monoisotopic (exact) mass is 523 g/mol. The summed E-state index contributed by atoms with van der Waals surface area (Å²) < 4.78 is 0. The number of likely N-dealkylation sites (N-methyl/N-ethyl adjacent to an activating group) is 1. The lowest BCUT2D eigenvalue weighted by molar-refractivity contribution is -0.129. The van der Waals surface area contributed by atoms with Gasteiger partial charge in [0.05, 0.1) is 16.8 Å². The normalized spacial score (nSPS) is 14.0.